The average molecular weight is 275 g/mol. The molecule has 1 atom stereocenters. The highest BCUT2D eigenvalue weighted by Gasteiger charge is 2.29. The van der Waals surface area contributed by atoms with E-state index in [1.807, 2.05) is 30.3 Å². The van der Waals surface area contributed by atoms with Gasteiger partial charge in [0.15, 0.2) is 5.17 Å². The van der Waals surface area contributed by atoms with Gasteiger partial charge < -0.3 is 5.32 Å². The van der Waals surface area contributed by atoms with Crippen LogP contribution in [-0.2, 0) is 4.79 Å². The molecule has 100 valence electrons. The molecule has 1 aliphatic heterocycles. The smallest absolute Gasteiger partial charge is 0.239 e. The Bertz CT molecular complexity index is 485. The predicted octanol–water partition coefficient (Wildman–Crippen LogP) is 2.80. The molecule has 1 heterocycles. The van der Waals surface area contributed by atoms with E-state index in [1.165, 1.54) is 11.8 Å². The number of nitrogens with zero attached hydrogens (tertiary/aromatic N) is 2. The maximum Gasteiger partial charge on any atom is 0.239 e. The van der Waals surface area contributed by atoms with Gasteiger partial charge in [-0.3, -0.25) is 4.79 Å². The van der Waals surface area contributed by atoms with Crippen LogP contribution in [0.1, 0.15) is 31.7 Å². The van der Waals surface area contributed by atoms with E-state index in [0.717, 1.165) is 24.8 Å². The van der Waals surface area contributed by atoms with E-state index >= 15 is 0 Å². The molecule has 1 N–H and O–H groups in total. The van der Waals surface area contributed by atoms with Crippen LogP contribution in [0.15, 0.2) is 40.5 Å². The molecule has 1 saturated heterocycles. The predicted molar refractivity (Wildman–Crippen MR) is 80.5 cm³/mol. The lowest BCUT2D eigenvalue weighted by atomic mass is 10.2. The van der Waals surface area contributed by atoms with Crippen molar-refractivity contribution < 1.29 is 4.79 Å². The molecular formula is C14H17N3OS. The van der Waals surface area contributed by atoms with Crippen molar-refractivity contribution in [3.8, 4) is 0 Å². The van der Waals surface area contributed by atoms with Crippen molar-refractivity contribution in [1.29, 1.82) is 0 Å². The van der Waals surface area contributed by atoms with Crippen LogP contribution < -0.4 is 5.32 Å². The fraction of sp³-hybridized carbons (Fsp3) is 0.357. The van der Waals surface area contributed by atoms with Gasteiger partial charge in [0.25, 0.3) is 0 Å². The lowest BCUT2D eigenvalue weighted by Gasteiger charge is -2.01. The monoisotopic (exact) mass is 275 g/mol. The van der Waals surface area contributed by atoms with Gasteiger partial charge in [0.05, 0.1) is 11.5 Å². The summed E-state index contributed by atoms with van der Waals surface area (Å²) in [6.07, 6.45) is 4.74. The number of amides is 1. The topological polar surface area (TPSA) is 53.8 Å². The molecule has 1 amide bonds. The molecule has 2 rings (SSSR count). The van der Waals surface area contributed by atoms with Crippen LogP contribution in [0.4, 0.5) is 0 Å². The fourth-order valence-electron chi connectivity index (χ4n) is 1.72. The first kappa shape index (κ1) is 13.8. The second-order valence-electron chi connectivity index (χ2n) is 4.30. The van der Waals surface area contributed by atoms with Crippen LogP contribution in [0.25, 0.3) is 0 Å². The van der Waals surface area contributed by atoms with Crippen molar-refractivity contribution >= 4 is 29.1 Å². The quantitative estimate of drug-likeness (QED) is 0.663. The molecule has 1 aromatic rings. The SMILES string of the molecule is CCCC[C@@H]1S/C(=N/N=C\c2ccccc2)NC1=O. The van der Waals surface area contributed by atoms with Gasteiger partial charge in [-0.1, -0.05) is 61.9 Å². The Morgan fingerprint density at radius 3 is 2.89 bits per heavy atom. The first-order valence-corrected chi connectivity index (χ1v) is 7.31. The molecule has 0 aliphatic carbocycles. The molecule has 0 bridgehead atoms. The molecule has 0 unspecified atom stereocenters. The van der Waals surface area contributed by atoms with Crippen LogP contribution in [0, 0.1) is 0 Å². The van der Waals surface area contributed by atoms with Crippen LogP contribution in [0.3, 0.4) is 0 Å². The maximum absolute atomic E-state index is 11.7. The van der Waals surface area contributed by atoms with E-state index in [2.05, 4.69) is 22.4 Å². The zero-order valence-corrected chi connectivity index (χ0v) is 11.7. The van der Waals surface area contributed by atoms with Gasteiger partial charge in [-0.25, -0.2) is 0 Å². The third-order valence-electron chi connectivity index (χ3n) is 2.75. The number of amidine groups is 1. The molecule has 5 heteroatoms. The molecule has 0 spiro atoms. The Labute approximate surface area is 117 Å². The number of rotatable bonds is 5. The second-order valence-corrected chi connectivity index (χ2v) is 5.49. The highest BCUT2D eigenvalue weighted by molar-refractivity contribution is 8.15. The number of thioether (sulfide) groups is 1. The largest absolute Gasteiger partial charge is 0.303 e. The molecule has 0 saturated carbocycles. The molecule has 19 heavy (non-hydrogen) atoms. The Morgan fingerprint density at radius 2 is 2.16 bits per heavy atom. The van der Waals surface area contributed by atoms with Crippen molar-refractivity contribution in [3.05, 3.63) is 35.9 Å². The lowest BCUT2D eigenvalue weighted by molar-refractivity contribution is -0.118. The van der Waals surface area contributed by atoms with Crippen LogP contribution in [0.5, 0.6) is 0 Å². The maximum atomic E-state index is 11.7. The highest BCUT2D eigenvalue weighted by Crippen LogP contribution is 2.23. The number of nitrogens with one attached hydrogen (secondary N) is 1. The minimum absolute atomic E-state index is 0.00868. The van der Waals surface area contributed by atoms with Gasteiger partial charge in [0, 0.05) is 0 Å². The van der Waals surface area contributed by atoms with Gasteiger partial charge in [0.2, 0.25) is 5.91 Å². The van der Waals surface area contributed by atoms with Gasteiger partial charge in [-0.15, -0.1) is 5.10 Å². The number of carbonyl (C=O) groups excluding carboxylic acids is 1. The summed E-state index contributed by atoms with van der Waals surface area (Å²) < 4.78 is 0. The summed E-state index contributed by atoms with van der Waals surface area (Å²) in [5, 5.41) is 11.4. The number of unbranched alkanes of at least 4 members (excludes halogenated alkanes) is 1. The summed E-state index contributed by atoms with van der Waals surface area (Å²) in [5.41, 5.74) is 0.990. The molecular weight excluding hydrogens is 258 g/mol. The summed E-state index contributed by atoms with van der Waals surface area (Å²) in [6, 6.07) is 9.75. The fourth-order valence-corrected chi connectivity index (χ4v) is 2.69. The van der Waals surface area contributed by atoms with Crippen molar-refractivity contribution in [1.82, 2.24) is 5.32 Å². The normalized spacial score (nSPS) is 21.2. The summed E-state index contributed by atoms with van der Waals surface area (Å²) in [7, 11) is 0. The Kier molecular flexibility index (Phi) is 5.15. The van der Waals surface area contributed by atoms with Crippen LogP contribution in [-0.4, -0.2) is 22.5 Å². The molecule has 1 aliphatic rings. The Balaban J connectivity index is 1.91. The Morgan fingerprint density at radius 1 is 1.37 bits per heavy atom. The number of carbonyl (C=O) groups is 1. The van der Waals surface area contributed by atoms with E-state index < -0.39 is 0 Å². The standard InChI is InChI=1S/C14H17N3OS/c1-2-3-9-12-13(18)16-14(19-12)17-15-10-11-7-5-4-6-8-11/h4-8,10,12H,2-3,9H2,1H3,(H,16,17,18)/b15-10-/t12-/m0/s1. The van der Waals surface area contributed by atoms with E-state index in [0.29, 0.717) is 5.17 Å². The van der Waals surface area contributed by atoms with Crippen LogP contribution in [0.2, 0.25) is 0 Å². The summed E-state index contributed by atoms with van der Waals surface area (Å²) >= 11 is 1.47. The van der Waals surface area contributed by atoms with Crippen molar-refractivity contribution in [2.24, 2.45) is 10.2 Å². The van der Waals surface area contributed by atoms with Crippen molar-refractivity contribution in [3.63, 3.8) is 0 Å². The molecule has 1 fully saturated rings. The van der Waals surface area contributed by atoms with Gasteiger partial charge >= 0.3 is 0 Å². The zero-order valence-electron chi connectivity index (χ0n) is 10.9. The molecule has 0 radical (unpaired) electrons. The van der Waals surface area contributed by atoms with E-state index in [4.69, 9.17) is 0 Å². The zero-order chi connectivity index (χ0) is 13.5. The van der Waals surface area contributed by atoms with E-state index in [1.54, 1.807) is 6.21 Å². The van der Waals surface area contributed by atoms with Gasteiger partial charge in [0.1, 0.15) is 0 Å². The summed E-state index contributed by atoms with van der Waals surface area (Å²) in [6.45, 7) is 2.12. The first-order chi connectivity index (χ1) is 9.29. The van der Waals surface area contributed by atoms with Crippen molar-refractivity contribution in [2.45, 2.75) is 31.4 Å². The lowest BCUT2D eigenvalue weighted by Crippen LogP contribution is -2.24. The average Bonchev–Trinajstić information content (AvgIpc) is 2.78. The summed E-state index contributed by atoms with van der Waals surface area (Å²) in [4.78, 5) is 11.7. The minimum atomic E-state index is -0.00868. The van der Waals surface area contributed by atoms with Crippen LogP contribution >= 0.6 is 11.8 Å². The molecule has 0 aromatic heterocycles. The summed E-state index contributed by atoms with van der Waals surface area (Å²) in [5.74, 6) is 0.0483. The third kappa shape index (κ3) is 4.21. The third-order valence-corrected chi connectivity index (χ3v) is 3.89. The minimum Gasteiger partial charge on any atom is -0.303 e. The molecule has 1 aromatic carbocycles. The number of hydrogen-bond donors (Lipinski definition) is 1. The highest BCUT2D eigenvalue weighted by atomic mass is 32.2. The van der Waals surface area contributed by atoms with Gasteiger partial charge in [-0.05, 0) is 12.0 Å². The van der Waals surface area contributed by atoms with E-state index in [9.17, 15) is 4.79 Å². The van der Waals surface area contributed by atoms with Crippen molar-refractivity contribution in [2.75, 3.05) is 0 Å². The van der Waals surface area contributed by atoms with Gasteiger partial charge in [-0.2, -0.15) is 5.10 Å². The number of hydrogen-bond acceptors (Lipinski definition) is 4. The second kappa shape index (κ2) is 7.09. The van der Waals surface area contributed by atoms with E-state index in [-0.39, 0.29) is 11.2 Å². The number of benzene rings is 1. The first-order valence-electron chi connectivity index (χ1n) is 6.43. The Hall–Kier alpha value is -1.62. The molecule has 4 nitrogen and oxygen atoms in total.